The van der Waals surface area contributed by atoms with Gasteiger partial charge in [0, 0.05) is 17.0 Å². The van der Waals surface area contributed by atoms with E-state index in [0.29, 0.717) is 30.4 Å². The minimum Gasteiger partial charge on any atom is -0.487 e. The normalized spacial score (nSPS) is 15.3. The molecule has 0 unspecified atom stereocenters. The number of hydrogen-bond donors (Lipinski definition) is 1. The van der Waals surface area contributed by atoms with Gasteiger partial charge in [0.15, 0.2) is 0 Å². The molecule has 1 aliphatic rings. The lowest BCUT2D eigenvalue weighted by Gasteiger charge is -2.05. The molecule has 98 valence electrons. The second-order valence-electron chi connectivity index (χ2n) is 4.14. The Bertz CT molecular complexity index is 637. The van der Waals surface area contributed by atoms with E-state index in [-0.39, 0.29) is 0 Å². The molecule has 3 rings (SSSR count). The summed E-state index contributed by atoms with van der Waals surface area (Å²) >= 11 is 1.60. The largest absolute Gasteiger partial charge is 0.487 e. The van der Waals surface area contributed by atoms with Gasteiger partial charge >= 0.3 is 0 Å². The molecule has 2 heterocycles. The van der Waals surface area contributed by atoms with Crippen molar-refractivity contribution in [2.75, 3.05) is 6.61 Å². The maximum Gasteiger partial charge on any atom is 0.134 e. The predicted molar refractivity (Wildman–Crippen MR) is 71.4 cm³/mol. The fourth-order valence-corrected chi connectivity index (χ4v) is 2.49. The predicted octanol–water partition coefficient (Wildman–Crippen LogP) is 2.60. The van der Waals surface area contributed by atoms with E-state index in [4.69, 9.17) is 14.7 Å². The van der Waals surface area contributed by atoms with Crippen molar-refractivity contribution in [2.24, 2.45) is 5.16 Å². The van der Waals surface area contributed by atoms with Crippen molar-refractivity contribution in [1.29, 1.82) is 0 Å². The van der Waals surface area contributed by atoms with Gasteiger partial charge < -0.3 is 14.7 Å². The summed E-state index contributed by atoms with van der Waals surface area (Å²) in [6, 6.07) is 5.46. The molecule has 1 N–H and O–H groups in total. The van der Waals surface area contributed by atoms with Crippen molar-refractivity contribution in [3.05, 3.63) is 39.8 Å². The zero-order chi connectivity index (χ0) is 13.2. The number of nitrogens with zero attached hydrogens (tertiary/aromatic N) is 2. The zero-order valence-corrected chi connectivity index (χ0v) is 11.1. The van der Waals surface area contributed by atoms with Crippen LogP contribution in [0.4, 0.5) is 0 Å². The molecule has 0 aliphatic carbocycles. The number of fused-ring (bicyclic) bond motifs is 1. The highest BCUT2D eigenvalue weighted by atomic mass is 32.1. The van der Waals surface area contributed by atoms with Gasteiger partial charge in [0.1, 0.15) is 30.4 Å². The molecular formula is C13H12N2O3S. The van der Waals surface area contributed by atoms with Gasteiger partial charge in [-0.1, -0.05) is 5.16 Å². The van der Waals surface area contributed by atoms with E-state index in [0.717, 1.165) is 16.3 Å². The van der Waals surface area contributed by atoms with Gasteiger partial charge in [-0.15, -0.1) is 11.3 Å². The SMILES string of the molecule is Cc1nc(COc2ccc3c(c2)OCC3=NO)cs1. The van der Waals surface area contributed by atoms with Gasteiger partial charge in [0.2, 0.25) is 0 Å². The smallest absolute Gasteiger partial charge is 0.134 e. The van der Waals surface area contributed by atoms with Gasteiger partial charge in [-0.25, -0.2) is 4.98 Å². The first kappa shape index (κ1) is 12.0. The number of rotatable bonds is 3. The number of aromatic nitrogens is 1. The average Bonchev–Trinajstić information content (AvgIpc) is 3.01. The van der Waals surface area contributed by atoms with Crippen LogP contribution in [0.15, 0.2) is 28.7 Å². The average molecular weight is 276 g/mol. The Morgan fingerprint density at radius 1 is 1.53 bits per heavy atom. The Balaban J connectivity index is 1.73. The summed E-state index contributed by atoms with van der Waals surface area (Å²) in [5, 5.41) is 15.0. The van der Waals surface area contributed by atoms with E-state index in [2.05, 4.69) is 10.1 Å². The summed E-state index contributed by atoms with van der Waals surface area (Å²) in [5.41, 5.74) is 2.26. The number of oxime groups is 1. The van der Waals surface area contributed by atoms with Crippen LogP contribution >= 0.6 is 11.3 Å². The fourth-order valence-electron chi connectivity index (χ4n) is 1.89. The van der Waals surface area contributed by atoms with Crippen LogP contribution in [-0.4, -0.2) is 22.5 Å². The van der Waals surface area contributed by atoms with E-state index >= 15 is 0 Å². The fraction of sp³-hybridized carbons (Fsp3) is 0.231. The quantitative estimate of drug-likeness (QED) is 0.691. The number of ether oxygens (including phenoxy) is 2. The number of thiazole rings is 1. The molecule has 0 fully saturated rings. The molecule has 1 aliphatic heterocycles. The van der Waals surface area contributed by atoms with Crippen LogP contribution < -0.4 is 9.47 Å². The molecule has 0 saturated heterocycles. The third-order valence-electron chi connectivity index (χ3n) is 2.80. The maximum absolute atomic E-state index is 8.81. The zero-order valence-electron chi connectivity index (χ0n) is 10.3. The van der Waals surface area contributed by atoms with Gasteiger partial charge in [-0.05, 0) is 19.1 Å². The molecule has 0 atom stereocenters. The van der Waals surface area contributed by atoms with E-state index in [1.54, 1.807) is 17.4 Å². The molecule has 6 heteroatoms. The van der Waals surface area contributed by atoms with E-state index in [9.17, 15) is 0 Å². The summed E-state index contributed by atoms with van der Waals surface area (Å²) in [4.78, 5) is 4.33. The molecule has 1 aromatic heterocycles. The van der Waals surface area contributed by atoms with Crippen molar-refractivity contribution in [3.63, 3.8) is 0 Å². The highest BCUT2D eigenvalue weighted by Gasteiger charge is 2.20. The summed E-state index contributed by atoms with van der Waals surface area (Å²) in [5.74, 6) is 1.39. The van der Waals surface area contributed by atoms with Gasteiger partial charge in [0.25, 0.3) is 0 Å². The van der Waals surface area contributed by atoms with Crippen LogP contribution in [0, 0.1) is 6.92 Å². The summed E-state index contributed by atoms with van der Waals surface area (Å²) in [7, 11) is 0. The first-order valence-electron chi connectivity index (χ1n) is 5.78. The van der Waals surface area contributed by atoms with Crippen molar-refractivity contribution in [2.45, 2.75) is 13.5 Å². The molecule has 0 saturated carbocycles. The molecule has 0 spiro atoms. The van der Waals surface area contributed by atoms with Crippen molar-refractivity contribution in [1.82, 2.24) is 4.98 Å². The second kappa shape index (κ2) is 4.89. The van der Waals surface area contributed by atoms with Crippen LogP contribution in [0.2, 0.25) is 0 Å². The lowest BCUT2D eigenvalue weighted by Crippen LogP contribution is -2.01. The topological polar surface area (TPSA) is 63.9 Å². The number of aryl methyl sites for hydroxylation is 1. The Hall–Kier alpha value is -2.08. The Kier molecular flexibility index (Phi) is 3.08. The Labute approximate surface area is 114 Å². The summed E-state index contributed by atoms with van der Waals surface area (Å²) < 4.78 is 11.1. The highest BCUT2D eigenvalue weighted by Crippen LogP contribution is 2.30. The molecule has 0 amide bonds. The molecule has 0 bridgehead atoms. The lowest BCUT2D eigenvalue weighted by molar-refractivity contribution is 0.299. The minimum atomic E-state index is 0.292. The number of benzene rings is 1. The standard InChI is InChI=1S/C13H12N2O3S/c1-8-14-9(7-19-8)5-17-10-2-3-11-12(15-16)6-18-13(11)4-10/h2-4,7,16H,5-6H2,1H3. The molecule has 5 nitrogen and oxygen atoms in total. The van der Waals surface area contributed by atoms with Crippen molar-refractivity contribution in [3.8, 4) is 11.5 Å². The third-order valence-corrected chi connectivity index (χ3v) is 3.62. The summed E-state index contributed by atoms with van der Waals surface area (Å²) in [6.07, 6.45) is 0. The van der Waals surface area contributed by atoms with Crippen LogP contribution in [0.3, 0.4) is 0 Å². The Morgan fingerprint density at radius 2 is 2.42 bits per heavy atom. The van der Waals surface area contributed by atoms with Crippen molar-refractivity contribution >= 4 is 17.0 Å². The first-order valence-corrected chi connectivity index (χ1v) is 6.66. The maximum atomic E-state index is 8.81. The third kappa shape index (κ3) is 2.39. The number of hydrogen-bond acceptors (Lipinski definition) is 6. The van der Waals surface area contributed by atoms with Crippen LogP contribution in [0.5, 0.6) is 11.5 Å². The molecule has 19 heavy (non-hydrogen) atoms. The van der Waals surface area contributed by atoms with Crippen LogP contribution in [0.1, 0.15) is 16.3 Å². The molecule has 1 aromatic carbocycles. The highest BCUT2D eigenvalue weighted by molar-refractivity contribution is 7.09. The van der Waals surface area contributed by atoms with Gasteiger partial charge in [-0.3, -0.25) is 0 Å². The van der Waals surface area contributed by atoms with Gasteiger partial charge in [-0.2, -0.15) is 0 Å². The van der Waals surface area contributed by atoms with Crippen molar-refractivity contribution < 1.29 is 14.7 Å². The van der Waals surface area contributed by atoms with Crippen LogP contribution in [0.25, 0.3) is 0 Å². The van der Waals surface area contributed by atoms with E-state index in [1.165, 1.54) is 0 Å². The molecule has 2 aromatic rings. The Morgan fingerprint density at radius 3 is 3.16 bits per heavy atom. The van der Waals surface area contributed by atoms with E-state index < -0.39 is 0 Å². The summed E-state index contributed by atoms with van der Waals surface area (Å²) in [6.45, 7) is 2.69. The minimum absolute atomic E-state index is 0.292. The first-order chi connectivity index (χ1) is 9.26. The molecule has 0 radical (unpaired) electrons. The second-order valence-corrected chi connectivity index (χ2v) is 5.20. The monoisotopic (exact) mass is 276 g/mol. The van der Waals surface area contributed by atoms with Crippen LogP contribution in [-0.2, 0) is 6.61 Å². The van der Waals surface area contributed by atoms with E-state index in [1.807, 2.05) is 24.4 Å². The molecular weight excluding hydrogens is 264 g/mol. The van der Waals surface area contributed by atoms with Gasteiger partial charge in [0.05, 0.1) is 10.7 Å². The lowest BCUT2D eigenvalue weighted by atomic mass is 10.1.